The molecule has 0 saturated carbocycles. The maximum absolute atomic E-state index is 11.6. The molecule has 1 heterocycles. The topological polar surface area (TPSA) is 125 Å². The summed E-state index contributed by atoms with van der Waals surface area (Å²) < 4.78 is 64.6. The van der Waals surface area contributed by atoms with Gasteiger partial charge in [-0.15, -0.1) is 0 Å². The smallest absolute Gasteiger partial charge is 0.296 e. The molecule has 3 aromatic rings. The maximum atomic E-state index is 11.6. The minimum absolute atomic E-state index is 0.0169. The predicted octanol–water partition coefficient (Wildman–Crippen LogP) is 1.81. The number of rotatable bonds is 2. The first-order chi connectivity index (χ1) is 9.69. The van der Waals surface area contributed by atoms with Crippen molar-refractivity contribution in [1.82, 2.24) is 4.98 Å². The van der Waals surface area contributed by atoms with E-state index in [1.54, 1.807) is 24.3 Å². The molecule has 0 unspecified atom stereocenters. The van der Waals surface area contributed by atoms with Crippen LogP contribution in [-0.2, 0) is 20.2 Å². The van der Waals surface area contributed by atoms with Crippen molar-refractivity contribution in [1.29, 1.82) is 0 Å². The van der Waals surface area contributed by atoms with Crippen molar-refractivity contribution >= 4 is 42.0 Å². The van der Waals surface area contributed by atoms with E-state index in [0.29, 0.717) is 16.4 Å². The Morgan fingerprint density at radius 3 is 2.10 bits per heavy atom. The van der Waals surface area contributed by atoms with Crippen LogP contribution in [0.15, 0.2) is 46.2 Å². The van der Waals surface area contributed by atoms with Gasteiger partial charge in [-0.05, 0) is 18.2 Å². The Kier molecular flexibility index (Phi) is 2.85. The van der Waals surface area contributed by atoms with Gasteiger partial charge in [0, 0.05) is 21.8 Å². The molecule has 0 saturated heterocycles. The first-order valence-corrected chi connectivity index (χ1v) is 8.56. The van der Waals surface area contributed by atoms with Gasteiger partial charge in [0.05, 0.1) is 0 Å². The molecule has 3 N–H and O–H groups in total. The third kappa shape index (κ3) is 2.20. The lowest BCUT2D eigenvalue weighted by molar-refractivity contribution is 0.468. The fraction of sp³-hybridized carbons (Fsp3) is 0. The van der Waals surface area contributed by atoms with Crippen molar-refractivity contribution < 1.29 is 25.9 Å². The molecule has 9 heteroatoms. The zero-order valence-corrected chi connectivity index (χ0v) is 11.9. The summed E-state index contributed by atoms with van der Waals surface area (Å²) in [6.45, 7) is 0. The molecule has 110 valence electrons. The molecule has 7 nitrogen and oxygen atoms in total. The van der Waals surface area contributed by atoms with E-state index in [9.17, 15) is 25.9 Å². The van der Waals surface area contributed by atoms with E-state index in [-0.39, 0.29) is 5.39 Å². The number of hydrogen-bond donors (Lipinski definition) is 3. The van der Waals surface area contributed by atoms with Crippen LogP contribution in [0.2, 0.25) is 0 Å². The van der Waals surface area contributed by atoms with Crippen LogP contribution in [0.25, 0.3) is 21.8 Å². The number of H-pyrrole nitrogens is 1. The van der Waals surface area contributed by atoms with E-state index in [0.717, 1.165) is 6.07 Å². The van der Waals surface area contributed by atoms with Gasteiger partial charge < -0.3 is 4.98 Å². The number of para-hydroxylation sites is 1. The molecule has 0 aliphatic rings. The molecule has 2 aromatic carbocycles. The largest absolute Gasteiger partial charge is 0.354 e. The van der Waals surface area contributed by atoms with Crippen LogP contribution >= 0.6 is 0 Å². The van der Waals surface area contributed by atoms with Crippen LogP contribution in [0.1, 0.15) is 0 Å². The Hall–Kier alpha value is -1.94. The Bertz CT molecular complexity index is 1080. The Labute approximate surface area is 119 Å². The lowest BCUT2D eigenvalue weighted by Gasteiger charge is -2.06. The molecule has 0 atom stereocenters. The average molecular weight is 327 g/mol. The van der Waals surface area contributed by atoms with Crippen LogP contribution in [0.4, 0.5) is 0 Å². The van der Waals surface area contributed by atoms with Gasteiger partial charge in [-0.2, -0.15) is 16.8 Å². The normalized spacial score (nSPS) is 13.0. The van der Waals surface area contributed by atoms with Crippen molar-refractivity contribution in [2.75, 3.05) is 0 Å². The second-order valence-electron chi connectivity index (χ2n) is 4.44. The Morgan fingerprint density at radius 2 is 1.48 bits per heavy atom. The van der Waals surface area contributed by atoms with Crippen LogP contribution in [0, 0.1) is 0 Å². The molecule has 0 aliphatic carbocycles. The minimum atomic E-state index is -4.86. The summed E-state index contributed by atoms with van der Waals surface area (Å²) in [5.41, 5.74) is 0.904. The van der Waals surface area contributed by atoms with Gasteiger partial charge in [-0.25, -0.2) is 0 Å². The fourth-order valence-corrected chi connectivity index (χ4v) is 4.36. The van der Waals surface area contributed by atoms with E-state index < -0.39 is 30.0 Å². The molecule has 0 amide bonds. The average Bonchev–Trinajstić information content (AvgIpc) is 2.73. The Morgan fingerprint density at radius 1 is 0.810 bits per heavy atom. The number of aromatic nitrogens is 1. The van der Waals surface area contributed by atoms with Gasteiger partial charge in [0.2, 0.25) is 0 Å². The summed E-state index contributed by atoms with van der Waals surface area (Å²) >= 11 is 0. The van der Waals surface area contributed by atoms with E-state index in [1.165, 1.54) is 6.07 Å². The minimum Gasteiger partial charge on any atom is -0.354 e. The van der Waals surface area contributed by atoms with E-state index in [4.69, 9.17) is 0 Å². The third-order valence-corrected chi connectivity index (χ3v) is 5.09. The second-order valence-corrected chi connectivity index (χ2v) is 7.18. The van der Waals surface area contributed by atoms with Crippen LogP contribution in [0.5, 0.6) is 0 Å². The van der Waals surface area contributed by atoms with Gasteiger partial charge >= 0.3 is 0 Å². The molecule has 3 rings (SSSR count). The first kappa shape index (κ1) is 14.0. The number of fused-ring (bicyclic) bond motifs is 3. The summed E-state index contributed by atoms with van der Waals surface area (Å²) in [4.78, 5) is 1.22. The van der Waals surface area contributed by atoms with Crippen LogP contribution < -0.4 is 0 Å². The van der Waals surface area contributed by atoms with Crippen molar-refractivity contribution in [2.45, 2.75) is 9.79 Å². The lowest BCUT2D eigenvalue weighted by Crippen LogP contribution is -2.08. The highest BCUT2D eigenvalue weighted by Crippen LogP contribution is 2.34. The molecule has 0 fully saturated rings. The predicted molar refractivity (Wildman–Crippen MR) is 75.4 cm³/mol. The second kappa shape index (κ2) is 4.28. The zero-order valence-electron chi connectivity index (χ0n) is 10.3. The van der Waals surface area contributed by atoms with Gasteiger partial charge in [-0.3, -0.25) is 9.11 Å². The quantitative estimate of drug-likeness (QED) is 0.617. The van der Waals surface area contributed by atoms with Crippen molar-refractivity contribution in [3.05, 3.63) is 36.4 Å². The van der Waals surface area contributed by atoms with Gasteiger partial charge in [0.15, 0.2) is 0 Å². The molecule has 1 aromatic heterocycles. The van der Waals surface area contributed by atoms with E-state index in [2.05, 4.69) is 4.98 Å². The molecule has 0 radical (unpaired) electrons. The summed E-state index contributed by atoms with van der Waals surface area (Å²) in [7, 11) is -9.67. The number of aromatic amines is 1. The maximum Gasteiger partial charge on any atom is 0.296 e. The van der Waals surface area contributed by atoms with Gasteiger partial charge in [-0.1, -0.05) is 18.2 Å². The SMILES string of the molecule is O=S(=O)(O)c1ccc2[nH]c3ccccc3c2c1S(=O)(=O)O. The first-order valence-electron chi connectivity index (χ1n) is 5.68. The highest BCUT2D eigenvalue weighted by Gasteiger charge is 2.28. The molecule has 21 heavy (non-hydrogen) atoms. The number of benzene rings is 2. The van der Waals surface area contributed by atoms with Crippen molar-refractivity contribution in [2.24, 2.45) is 0 Å². The number of nitrogens with one attached hydrogen (secondary N) is 1. The van der Waals surface area contributed by atoms with Gasteiger partial charge in [0.25, 0.3) is 20.2 Å². The molecular formula is C12H9NO6S2. The van der Waals surface area contributed by atoms with Crippen LogP contribution in [0.3, 0.4) is 0 Å². The molecule has 0 spiro atoms. The molecule has 0 bridgehead atoms. The highest BCUT2D eigenvalue weighted by molar-refractivity contribution is 7.89. The highest BCUT2D eigenvalue weighted by atomic mass is 32.2. The number of hydrogen-bond acceptors (Lipinski definition) is 4. The lowest BCUT2D eigenvalue weighted by atomic mass is 10.1. The van der Waals surface area contributed by atoms with E-state index in [1.807, 2.05) is 0 Å². The van der Waals surface area contributed by atoms with Crippen molar-refractivity contribution in [3.63, 3.8) is 0 Å². The van der Waals surface area contributed by atoms with Crippen LogP contribution in [-0.4, -0.2) is 30.9 Å². The Balaban J connectivity index is 2.68. The monoisotopic (exact) mass is 327 g/mol. The zero-order chi connectivity index (χ0) is 15.4. The molecular weight excluding hydrogens is 318 g/mol. The standard InChI is InChI=1S/C12H9NO6S2/c14-20(15,16)10-6-5-9-11(12(10)21(17,18)19)7-3-1-2-4-8(7)13-9/h1-6,13H,(H,14,15,16)(H,17,18,19). The van der Waals surface area contributed by atoms with E-state index >= 15 is 0 Å². The summed E-state index contributed by atoms with van der Waals surface area (Å²) in [5.74, 6) is 0. The fourth-order valence-electron chi connectivity index (χ4n) is 2.35. The van der Waals surface area contributed by atoms with Gasteiger partial charge in [0.1, 0.15) is 9.79 Å². The van der Waals surface area contributed by atoms with Crippen molar-refractivity contribution in [3.8, 4) is 0 Å². The molecule has 0 aliphatic heterocycles. The summed E-state index contributed by atoms with van der Waals surface area (Å²) in [6, 6.07) is 8.87. The summed E-state index contributed by atoms with van der Waals surface area (Å²) in [5, 5.41) is 0.439. The summed E-state index contributed by atoms with van der Waals surface area (Å²) in [6.07, 6.45) is 0. The third-order valence-electron chi connectivity index (χ3n) is 3.12.